The second-order valence-electron chi connectivity index (χ2n) is 6.11. The number of aryl methyl sites for hydroxylation is 1. The number of aliphatic hydroxyl groups is 1. The molecule has 1 aliphatic carbocycles. The minimum Gasteiger partial charge on any atom is -0.488 e. The normalized spacial score (nSPS) is 18.1. The maximum atomic E-state index is 13.7. The van der Waals surface area contributed by atoms with Crippen molar-refractivity contribution in [3.8, 4) is 5.75 Å². The number of aliphatic hydroxyl groups excluding tert-OH is 1. The fraction of sp³-hybridized carbons (Fsp3) is 0.625. The summed E-state index contributed by atoms with van der Waals surface area (Å²) in [6.07, 6.45) is 2.17. The molecular weight excluding hydrogens is 257 g/mol. The molecule has 0 radical (unpaired) electrons. The molecule has 1 aliphatic rings. The molecule has 20 heavy (non-hydrogen) atoms. The largest absolute Gasteiger partial charge is 0.488 e. The van der Waals surface area contributed by atoms with Gasteiger partial charge >= 0.3 is 0 Å². The molecule has 2 rings (SSSR count). The monoisotopic (exact) mass is 281 g/mol. The van der Waals surface area contributed by atoms with E-state index in [0.29, 0.717) is 5.92 Å². The first-order valence-corrected chi connectivity index (χ1v) is 7.24. The van der Waals surface area contributed by atoms with E-state index in [1.54, 1.807) is 12.1 Å². The molecule has 0 saturated heterocycles. The van der Waals surface area contributed by atoms with Crippen molar-refractivity contribution in [2.75, 3.05) is 13.2 Å². The molecule has 2 N–H and O–H groups in total. The van der Waals surface area contributed by atoms with E-state index in [0.717, 1.165) is 18.4 Å². The highest BCUT2D eigenvalue weighted by atomic mass is 19.1. The van der Waals surface area contributed by atoms with Gasteiger partial charge in [-0.15, -0.1) is 0 Å². The molecule has 0 aliphatic heterocycles. The van der Waals surface area contributed by atoms with Crippen LogP contribution in [0.5, 0.6) is 5.75 Å². The van der Waals surface area contributed by atoms with E-state index in [9.17, 15) is 9.50 Å². The van der Waals surface area contributed by atoms with Crippen LogP contribution in [0.3, 0.4) is 0 Å². The van der Waals surface area contributed by atoms with Gasteiger partial charge in [0.05, 0.1) is 12.1 Å². The summed E-state index contributed by atoms with van der Waals surface area (Å²) in [6, 6.07) is 5.07. The Morgan fingerprint density at radius 3 is 2.70 bits per heavy atom. The van der Waals surface area contributed by atoms with Gasteiger partial charge in [-0.2, -0.15) is 0 Å². The van der Waals surface area contributed by atoms with E-state index < -0.39 is 5.54 Å². The summed E-state index contributed by atoms with van der Waals surface area (Å²) in [5.74, 6) is 0.305. The second kappa shape index (κ2) is 6.10. The van der Waals surface area contributed by atoms with Gasteiger partial charge in [0.25, 0.3) is 0 Å². The van der Waals surface area contributed by atoms with E-state index >= 15 is 0 Å². The summed E-state index contributed by atoms with van der Waals surface area (Å²) in [4.78, 5) is 0. The van der Waals surface area contributed by atoms with Crippen molar-refractivity contribution < 1.29 is 14.2 Å². The van der Waals surface area contributed by atoms with Crippen LogP contribution in [0.2, 0.25) is 0 Å². The summed E-state index contributed by atoms with van der Waals surface area (Å²) in [7, 11) is 0. The highest BCUT2D eigenvalue weighted by Crippen LogP contribution is 2.40. The zero-order valence-corrected chi connectivity index (χ0v) is 12.4. The lowest BCUT2D eigenvalue weighted by molar-refractivity contribution is 0.0761. The number of benzene rings is 1. The van der Waals surface area contributed by atoms with E-state index in [2.05, 4.69) is 5.32 Å². The third-order valence-corrected chi connectivity index (χ3v) is 3.79. The molecule has 0 amide bonds. The van der Waals surface area contributed by atoms with E-state index in [4.69, 9.17) is 4.74 Å². The van der Waals surface area contributed by atoms with Gasteiger partial charge in [0, 0.05) is 6.04 Å². The molecule has 0 spiro atoms. The van der Waals surface area contributed by atoms with Crippen LogP contribution >= 0.6 is 0 Å². The minimum atomic E-state index is -0.468. The van der Waals surface area contributed by atoms with Crippen molar-refractivity contribution in [1.82, 2.24) is 5.32 Å². The zero-order valence-electron chi connectivity index (χ0n) is 12.4. The second-order valence-corrected chi connectivity index (χ2v) is 6.11. The molecule has 112 valence electrons. The van der Waals surface area contributed by atoms with E-state index in [1.165, 1.54) is 6.07 Å². The first kappa shape index (κ1) is 15.3. The zero-order chi connectivity index (χ0) is 14.8. The number of hydrogen-bond donors (Lipinski definition) is 2. The fourth-order valence-electron chi connectivity index (χ4n) is 2.64. The van der Waals surface area contributed by atoms with Crippen molar-refractivity contribution in [2.24, 2.45) is 5.92 Å². The SMILES string of the molecule is Cc1ccc(F)c(OCC(CO)(NC(C)C)C2CC2)c1. The third-order valence-electron chi connectivity index (χ3n) is 3.79. The van der Waals surface area contributed by atoms with Crippen LogP contribution in [0, 0.1) is 18.7 Å². The van der Waals surface area contributed by atoms with Crippen molar-refractivity contribution in [3.63, 3.8) is 0 Å². The van der Waals surface area contributed by atoms with Crippen LogP contribution < -0.4 is 10.1 Å². The van der Waals surface area contributed by atoms with Crippen molar-refractivity contribution in [2.45, 2.75) is 45.2 Å². The lowest BCUT2D eigenvalue weighted by atomic mass is 9.94. The topological polar surface area (TPSA) is 41.5 Å². The Kier molecular flexibility index (Phi) is 4.66. The van der Waals surface area contributed by atoms with Gasteiger partial charge in [0.2, 0.25) is 0 Å². The highest BCUT2D eigenvalue weighted by Gasteiger charge is 2.46. The molecule has 0 heterocycles. The minimum absolute atomic E-state index is 0.00326. The predicted molar refractivity (Wildman–Crippen MR) is 77.4 cm³/mol. The summed E-state index contributed by atoms with van der Waals surface area (Å²) >= 11 is 0. The molecule has 1 saturated carbocycles. The number of nitrogens with one attached hydrogen (secondary N) is 1. The molecular formula is C16H24FNO2. The molecule has 0 bridgehead atoms. The van der Waals surface area contributed by atoms with Gasteiger partial charge in [-0.1, -0.05) is 19.9 Å². The van der Waals surface area contributed by atoms with Gasteiger partial charge in [-0.3, -0.25) is 0 Å². The Balaban J connectivity index is 2.10. The van der Waals surface area contributed by atoms with Crippen molar-refractivity contribution in [1.29, 1.82) is 0 Å². The Bertz CT molecular complexity index is 460. The molecule has 1 fully saturated rings. The summed E-state index contributed by atoms with van der Waals surface area (Å²) < 4.78 is 19.4. The number of halogens is 1. The van der Waals surface area contributed by atoms with Gasteiger partial charge in [-0.25, -0.2) is 4.39 Å². The number of ether oxygens (including phenoxy) is 1. The smallest absolute Gasteiger partial charge is 0.165 e. The maximum absolute atomic E-state index is 13.7. The summed E-state index contributed by atoms with van der Waals surface area (Å²) in [5.41, 5.74) is 0.490. The maximum Gasteiger partial charge on any atom is 0.165 e. The van der Waals surface area contributed by atoms with Crippen LogP contribution in [-0.4, -0.2) is 29.9 Å². The van der Waals surface area contributed by atoms with Crippen molar-refractivity contribution in [3.05, 3.63) is 29.6 Å². The van der Waals surface area contributed by atoms with Gasteiger partial charge in [-0.05, 0) is 43.4 Å². The van der Waals surface area contributed by atoms with E-state index in [1.807, 2.05) is 20.8 Å². The Morgan fingerprint density at radius 1 is 1.45 bits per heavy atom. The molecule has 1 aromatic rings. The van der Waals surface area contributed by atoms with Crippen LogP contribution in [0.15, 0.2) is 18.2 Å². The lowest BCUT2D eigenvalue weighted by Gasteiger charge is -2.35. The summed E-state index contributed by atoms with van der Waals surface area (Å²) in [5, 5.41) is 13.2. The average molecular weight is 281 g/mol. The Hall–Kier alpha value is -1.13. The molecule has 3 nitrogen and oxygen atoms in total. The fourth-order valence-corrected chi connectivity index (χ4v) is 2.64. The van der Waals surface area contributed by atoms with Crippen LogP contribution in [0.1, 0.15) is 32.3 Å². The van der Waals surface area contributed by atoms with Gasteiger partial charge in [0.1, 0.15) is 6.61 Å². The van der Waals surface area contributed by atoms with Gasteiger partial charge < -0.3 is 15.2 Å². The molecule has 4 heteroatoms. The molecule has 1 aromatic carbocycles. The summed E-state index contributed by atoms with van der Waals surface area (Å²) in [6.45, 7) is 6.27. The standard InChI is InChI=1S/C16H24FNO2/c1-11(2)18-16(9-19,13-5-6-13)10-20-15-8-12(3)4-7-14(15)17/h4,7-8,11,13,18-19H,5-6,9-10H2,1-3H3. The molecule has 1 unspecified atom stereocenters. The first-order valence-electron chi connectivity index (χ1n) is 7.24. The van der Waals surface area contributed by atoms with E-state index in [-0.39, 0.29) is 30.8 Å². The van der Waals surface area contributed by atoms with Crippen LogP contribution in [-0.2, 0) is 0 Å². The van der Waals surface area contributed by atoms with Crippen LogP contribution in [0.25, 0.3) is 0 Å². The first-order chi connectivity index (χ1) is 9.47. The molecule has 0 aromatic heterocycles. The highest BCUT2D eigenvalue weighted by molar-refractivity contribution is 5.29. The average Bonchev–Trinajstić information content (AvgIpc) is 3.22. The quantitative estimate of drug-likeness (QED) is 0.807. The predicted octanol–water partition coefficient (Wildman–Crippen LogP) is 2.65. The third kappa shape index (κ3) is 3.49. The lowest BCUT2D eigenvalue weighted by Crippen LogP contribution is -2.57. The Morgan fingerprint density at radius 2 is 2.15 bits per heavy atom. The van der Waals surface area contributed by atoms with Gasteiger partial charge in [0.15, 0.2) is 11.6 Å². The Labute approximate surface area is 120 Å². The van der Waals surface area contributed by atoms with Crippen LogP contribution in [0.4, 0.5) is 4.39 Å². The molecule has 1 atom stereocenters. The van der Waals surface area contributed by atoms with Crippen molar-refractivity contribution >= 4 is 0 Å². The number of hydrogen-bond acceptors (Lipinski definition) is 3. The number of rotatable bonds is 7.